The second-order valence-electron chi connectivity index (χ2n) is 6.93. The number of hydrogen-bond donors (Lipinski definition) is 0. The standard InChI is InChI=1S/C18H32O4Si/c1-5-23(6-2,7-3)22-18-10-8-9-16(19)11-15(18)12-17(13-18)21-14-20-4/h11,17H,5-10,12-14H2,1-4H3/t17-,18+/m1/s1. The van der Waals surface area contributed by atoms with Crippen molar-refractivity contribution in [2.24, 2.45) is 0 Å². The van der Waals surface area contributed by atoms with E-state index in [1.165, 1.54) is 5.57 Å². The summed E-state index contributed by atoms with van der Waals surface area (Å²) in [4.78, 5) is 12.1. The van der Waals surface area contributed by atoms with Crippen molar-refractivity contribution in [3.05, 3.63) is 11.6 Å². The Bertz CT molecular complexity index is 436. The van der Waals surface area contributed by atoms with E-state index in [9.17, 15) is 4.79 Å². The molecule has 23 heavy (non-hydrogen) atoms. The number of allylic oxidation sites excluding steroid dienone is 1. The summed E-state index contributed by atoms with van der Waals surface area (Å²) in [5.41, 5.74) is 0.909. The number of fused-ring (bicyclic) bond motifs is 1. The zero-order valence-electron chi connectivity index (χ0n) is 15.2. The summed E-state index contributed by atoms with van der Waals surface area (Å²) < 4.78 is 17.9. The van der Waals surface area contributed by atoms with Crippen molar-refractivity contribution in [3.8, 4) is 0 Å². The fraction of sp³-hybridized carbons (Fsp3) is 0.833. The molecule has 2 aliphatic rings. The predicted molar refractivity (Wildman–Crippen MR) is 93.9 cm³/mol. The van der Waals surface area contributed by atoms with Gasteiger partial charge in [-0.15, -0.1) is 0 Å². The number of carbonyl (C=O) groups is 1. The predicted octanol–water partition coefficient (Wildman–Crippen LogP) is 4.21. The van der Waals surface area contributed by atoms with Crippen molar-refractivity contribution in [1.82, 2.24) is 0 Å². The first-order chi connectivity index (χ1) is 11.0. The van der Waals surface area contributed by atoms with Crippen molar-refractivity contribution < 1.29 is 18.7 Å². The highest BCUT2D eigenvalue weighted by atomic mass is 28.4. The molecule has 5 heteroatoms. The van der Waals surface area contributed by atoms with Gasteiger partial charge < -0.3 is 13.9 Å². The number of rotatable bonds is 8. The van der Waals surface area contributed by atoms with Gasteiger partial charge in [-0.1, -0.05) is 20.8 Å². The molecule has 0 spiro atoms. The summed E-state index contributed by atoms with van der Waals surface area (Å²) in [5.74, 6) is 0.245. The van der Waals surface area contributed by atoms with Crippen LogP contribution < -0.4 is 0 Å². The SMILES string of the molecule is CC[Si](CC)(CC)O[C@]12CCCC(=O)C=C1C[C@@H](OCOC)C2. The molecule has 0 radical (unpaired) electrons. The third-order valence-corrected chi connectivity index (χ3v) is 10.4. The molecule has 1 saturated carbocycles. The quantitative estimate of drug-likeness (QED) is 0.490. The van der Waals surface area contributed by atoms with Crippen LogP contribution in [-0.4, -0.2) is 39.7 Å². The molecular weight excluding hydrogens is 308 g/mol. The second kappa shape index (κ2) is 8.06. The lowest BCUT2D eigenvalue weighted by Crippen LogP contribution is -2.47. The highest BCUT2D eigenvalue weighted by Gasteiger charge is 2.49. The van der Waals surface area contributed by atoms with Crippen molar-refractivity contribution in [2.75, 3.05) is 13.9 Å². The average Bonchev–Trinajstić information content (AvgIpc) is 2.80. The zero-order chi connectivity index (χ0) is 16.9. The second-order valence-corrected chi connectivity index (χ2v) is 11.6. The van der Waals surface area contributed by atoms with Crippen molar-refractivity contribution in [1.29, 1.82) is 0 Å². The number of hydrogen-bond acceptors (Lipinski definition) is 4. The van der Waals surface area contributed by atoms with E-state index in [2.05, 4.69) is 20.8 Å². The van der Waals surface area contributed by atoms with Crippen LogP contribution in [-0.2, 0) is 18.7 Å². The van der Waals surface area contributed by atoms with Crippen LogP contribution in [0.1, 0.15) is 52.9 Å². The van der Waals surface area contributed by atoms with Crippen LogP contribution in [0.3, 0.4) is 0 Å². The third kappa shape index (κ3) is 4.13. The summed E-state index contributed by atoms with van der Waals surface area (Å²) in [7, 11) is -0.1000. The van der Waals surface area contributed by atoms with Crippen LogP contribution in [0, 0.1) is 0 Å². The third-order valence-electron chi connectivity index (χ3n) is 5.70. The van der Waals surface area contributed by atoms with Gasteiger partial charge in [-0.25, -0.2) is 0 Å². The van der Waals surface area contributed by atoms with Crippen LogP contribution in [0.25, 0.3) is 0 Å². The van der Waals surface area contributed by atoms with Crippen LogP contribution in [0.5, 0.6) is 0 Å². The molecule has 0 aromatic heterocycles. The van der Waals surface area contributed by atoms with Crippen molar-refractivity contribution in [2.45, 2.75) is 82.7 Å². The van der Waals surface area contributed by atoms with Crippen LogP contribution in [0.4, 0.5) is 0 Å². The van der Waals surface area contributed by atoms with E-state index < -0.39 is 8.32 Å². The van der Waals surface area contributed by atoms with E-state index in [0.717, 1.165) is 43.8 Å². The van der Waals surface area contributed by atoms with Crippen LogP contribution in [0.2, 0.25) is 18.1 Å². The summed E-state index contributed by atoms with van der Waals surface area (Å²) >= 11 is 0. The van der Waals surface area contributed by atoms with Gasteiger partial charge in [0, 0.05) is 20.0 Å². The van der Waals surface area contributed by atoms with E-state index >= 15 is 0 Å². The minimum absolute atomic E-state index is 0.101. The summed E-state index contributed by atoms with van der Waals surface area (Å²) in [5, 5.41) is 0. The summed E-state index contributed by atoms with van der Waals surface area (Å²) in [6.45, 7) is 7.08. The number of ether oxygens (including phenoxy) is 2. The Morgan fingerprint density at radius 1 is 1.26 bits per heavy atom. The lowest BCUT2D eigenvalue weighted by atomic mass is 9.93. The van der Waals surface area contributed by atoms with Crippen LogP contribution >= 0.6 is 0 Å². The first-order valence-electron chi connectivity index (χ1n) is 9.07. The highest BCUT2D eigenvalue weighted by molar-refractivity contribution is 6.73. The molecule has 0 aromatic rings. The molecule has 1 fully saturated rings. The number of carbonyl (C=O) groups excluding carboxylic acids is 1. The summed E-state index contributed by atoms with van der Waals surface area (Å²) in [6, 6.07) is 3.39. The van der Waals surface area contributed by atoms with E-state index in [1.54, 1.807) is 7.11 Å². The Hall–Kier alpha value is -0.493. The molecule has 4 nitrogen and oxygen atoms in total. The lowest BCUT2D eigenvalue weighted by Gasteiger charge is -2.41. The molecule has 0 heterocycles. The van der Waals surface area contributed by atoms with Gasteiger partial charge in [0.15, 0.2) is 14.1 Å². The van der Waals surface area contributed by atoms with Crippen molar-refractivity contribution in [3.63, 3.8) is 0 Å². The van der Waals surface area contributed by atoms with E-state index in [0.29, 0.717) is 13.2 Å². The molecule has 0 saturated heterocycles. The molecule has 0 unspecified atom stereocenters. The van der Waals surface area contributed by atoms with Gasteiger partial charge in [0.2, 0.25) is 0 Å². The van der Waals surface area contributed by atoms with E-state index in [-0.39, 0.29) is 17.5 Å². The normalized spacial score (nSPS) is 28.4. The Kier molecular flexibility index (Phi) is 6.60. The first kappa shape index (κ1) is 18.8. The smallest absolute Gasteiger partial charge is 0.193 e. The minimum Gasteiger partial charge on any atom is -0.408 e. The van der Waals surface area contributed by atoms with Gasteiger partial charge in [-0.3, -0.25) is 4.79 Å². The molecule has 0 N–H and O–H groups in total. The van der Waals surface area contributed by atoms with Gasteiger partial charge in [-0.05, 0) is 49.0 Å². The number of ketones is 1. The fourth-order valence-electron chi connectivity index (χ4n) is 4.09. The van der Waals surface area contributed by atoms with Crippen LogP contribution in [0.15, 0.2) is 11.6 Å². The average molecular weight is 341 g/mol. The number of methoxy groups -OCH3 is 1. The maximum atomic E-state index is 12.1. The lowest BCUT2D eigenvalue weighted by molar-refractivity contribution is -0.114. The van der Waals surface area contributed by atoms with Gasteiger partial charge in [0.05, 0.1) is 11.7 Å². The van der Waals surface area contributed by atoms with Gasteiger partial charge in [0.1, 0.15) is 6.79 Å². The minimum atomic E-state index is -1.74. The fourth-order valence-corrected chi connectivity index (χ4v) is 7.17. The maximum absolute atomic E-state index is 12.1. The largest absolute Gasteiger partial charge is 0.408 e. The first-order valence-corrected chi connectivity index (χ1v) is 11.6. The zero-order valence-corrected chi connectivity index (χ0v) is 16.2. The Morgan fingerprint density at radius 3 is 2.57 bits per heavy atom. The van der Waals surface area contributed by atoms with Gasteiger partial charge in [-0.2, -0.15) is 0 Å². The maximum Gasteiger partial charge on any atom is 0.193 e. The molecular formula is C18H32O4Si. The van der Waals surface area contributed by atoms with Gasteiger partial charge >= 0.3 is 0 Å². The molecule has 0 aromatic carbocycles. The molecule has 0 amide bonds. The van der Waals surface area contributed by atoms with Crippen molar-refractivity contribution >= 4 is 14.1 Å². The summed E-state index contributed by atoms with van der Waals surface area (Å²) in [6.07, 6.45) is 6.15. The monoisotopic (exact) mass is 340 g/mol. The molecule has 0 bridgehead atoms. The Balaban J connectivity index is 2.28. The molecule has 2 rings (SSSR count). The Labute approximate surface area is 141 Å². The van der Waals surface area contributed by atoms with Gasteiger partial charge in [0.25, 0.3) is 0 Å². The van der Waals surface area contributed by atoms with E-state index in [1.807, 2.05) is 6.08 Å². The highest BCUT2D eigenvalue weighted by Crippen LogP contribution is 2.47. The molecule has 132 valence electrons. The molecule has 2 atom stereocenters. The molecule has 0 aliphatic heterocycles. The topological polar surface area (TPSA) is 44.8 Å². The van der Waals surface area contributed by atoms with E-state index in [4.69, 9.17) is 13.9 Å². The molecule has 2 aliphatic carbocycles. The Morgan fingerprint density at radius 2 is 1.96 bits per heavy atom.